The summed E-state index contributed by atoms with van der Waals surface area (Å²) >= 11 is 0. The number of pyridine rings is 1. The number of nitrogens with zero attached hydrogens (tertiary/aromatic N) is 1. The van der Waals surface area contributed by atoms with E-state index in [1.165, 1.54) is 24.3 Å². The molecule has 154 valence electrons. The van der Waals surface area contributed by atoms with Gasteiger partial charge in [-0.15, -0.1) is 0 Å². The van der Waals surface area contributed by atoms with Gasteiger partial charge in [-0.3, -0.25) is 9.59 Å². The van der Waals surface area contributed by atoms with Crippen LogP contribution in [-0.4, -0.2) is 56.1 Å². The number of carboxylic acid groups (broad SMARTS) is 1. The van der Waals surface area contributed by atoms with E-state index in [1.54, 1.807) is 0 Å². The second kappa shape index (κ2) is 9.75. The number of benzene rings is 1. The lowest BCUT2D eigenvalue weighted by Gasteiger charge is -2.08. The number of carbonyl (C=O) groups excluding carboxylic acids is 2. The first kappa shape index (κ1) is 22.0. The van der Waals surface area contributed by atoms with Crippen molar-refractivity contribution in [1.29, 1.82) is 0 Å². The number of carboxylic acids is 1. The van der Waals surface area contributed by atoms with Crippen LogP contribution in [-0.2, 0) is 14.8 Å². The van der Waals surface area contributed by atoms with Crippen molar-refractivity contribution in [2.75, 3.05) is 19.8 Å². The lowest BCUT2D eigenvalue weighted by atomic mass is 10.2. The highest BCUT2D eigenvalue weighted by Crippen LogP contribution is 2.12. The SMILES string of the molecule is CCOCCNC(=O)c1ccc(S(=O)(=O)NC(=O)c2ccc(C(=O)O)nc2)cc1. The highest BCUT2D eigenvalue weighted by atomic mass is 32.2. The van der Waals surface area contributed by atoms with Crippen LogP contribution in [0.15, 0.2) is 47.5 Å². The van der Waals surface area contributed by atoms with Crippen molar-refractivity contribution >= 4 is 27.8 Å². The summed E-state index contributed by atoms with van der Waals surface area (Å²) in [7, 11) is -4.20. The molecule has 0 aliphatic rings. The quantitative estimate of drug-likeness (QED) is 0.500. The Morgan fingerprint density at radius 1 is 1.03 bits per heavy atom. The van der Waals surface area contributed by atoms with Crippen molar-refractivity contribution < 1.29 is 32.6 Å². The minimum atomic E-state index is -4.20. The van der Waals surface area contributed by atoms with Gasteiger partial charge in [-0.05, 0) is 43.3 Å². The maximum Gasteiger partial charge on any atom is 0.354 e. The van der Waals surface area contributed by atoms with E-state index in [0.717, 1.165) is 18.3 Å². The zero-order valence-corrected chi connectivity index (χ0v) is 16.2. The van der Waals surface area contributed by atoms with Crippen LogP contribution >= 0.6 is 0 Å². The minimum Gasteiger partial charge on any atom is -0.477 e. The number of aromatic nitrogens is 1. The molecule has 0 saturated carbocycles. The third-order valence-electron chi connectivity index (χ3n) is 3.63. The summed E-state index contributed by atoms with van der Waals surface area (Å²) < 4.78 is 31.7. The Balaban J connectivity index is 2.04. The van der Waals surface area contributed by atoms with E-state index < -0.39 is 21.9 Å². The van der Waals surface area contributed by atoms with Crippen molar-refractivity contribution in [3.05, 3.63) is 59.4 Å². The third-order valence-corrected chi connectivity index (χ3v) is 4.98. The van der Waals surface area contributed by atoms with Crippen LogP contribution in [0, 0.1) is 0 Å². The Labute approximate surface area is 167 Å². The van der Waals surface area contributed by atoms with Crippen molar-refractivity contribution in [3.8, 4) is 0 Å². The minimum absolute atomic E-state index is 0.121. The molecule has 2 aromatic rings. The zero-order chi connectivity index (χ0) is 21.4. The molecule has 29 heavy (non-hydrogen) atoms. The van der Waals surface area contributed by atoms with Gasteiger partial charge in [0.25, 0.3) is 21.8 Å². The number of amides is 2. The number of sulfonamides is 1. The highest BCUT2D eigenvalue weighted by Gasteiger charge is 2.20. The van der Waals surface area contributed by atoms with Crippen molar-refractivity contribution in [1.82, 2.24) is 15.0 Å². The summed E-state index contributed by atoms with van der Waals surface area (Å²) in [5.74, 6) is -2.62. The number of nitrogens with one attached hydrogen (secondary N) is 2. The van der Waals surface area contributed by atoms with Crippen molar-refractivity contribution in [3.63, 3.8) is 0 Å². The Morgan fingerprint density at radius 2 is 1.69 bits per heavy atom. The van der Waals surface area contributed by atoms with Gasteiger partial charge in [-0.25, -0.2) is 22.9 Å². The molecule has 0 unspecified atom stereocenters. The lowest BCUT2D eigenvalue weighted by molar-refractivity contribution is 0.0689. The van der Waals surface area contributed by atoms with E-state index in [9.17, 15) is 22.8 Å². The lowest BCUT2D eigenvalue weighted by Crippen LogP contribution is -2.31. The molecule has 1 aromatic carbocycles. The van der Waals surface area contributed by atoms with Crippen LogP contribution in [0.5, 0.6) is 0 Å². The number of ether oxygens (including phenoxy) is 1. The maximum atomic E-state index is 12.4. The molecular weight excluding hydrogens is 402 g/mol. The van der Waals surface area contributed by atoms with E-state index >= 15 is 0 Å². The molecule has 1 heterocycles. The molecule has 0 aliphatic heterocycles. The molecule has 10 nitrogen and oxygen atoms in total. The van der Waals surface area contributed by atoms with Crippen LogP contribution in [0.2, 0.25) is 0 Å². The van der Waals surface area contributed by atoms with Crippen molar-refractivity contribution in [2.45, 2.75) is 11.8 Å². The largest absolute Gasteiger partial charge is 0.477 e. The van der Waals surface area contributed by atoms with Gasteiger partial charge in [-0.2, -0.15) is 0 Å². The molecule has 2 rings (SSSR count). The number of hydrogen-bond donors (Lipinski definition) is 3. The summed E-state index contributed by atoms with van der Waals surface area (Å²) in [5, 5.41) is 11.4. The smallest absolute Gasteiger partial charge is 0.354 e. The van der Waals surface area contributed by atoms with E-state index in [1.807, 2.05) is 11.6 Å². The fourth-order valence-corrected chi connectivity index (χ4v) is 3.14. The summed E-state index contributed by atoms with van der Waals surface area (Å²) in [6.07, 6.45) is 0.962. The van der Waals surface area contributed by atoms with Gasteiger partial charge in [0.1, 0.15) is 5.69 Å². The molecule has 1 aromatic heterocycles. The molecule has 0 radical (unpaired) electrons. The van der Waals surface area contributed by atoms with Gasteiger partial charge in [0.2, 0.25) is 0 Å². The first-order chi connectivity index (χ1) is 13.7. The van der Waals surface area contributed by atoms with Crippen LogP contribution < -0.4 is 10.0 Å². The standard InChI is InChI=1S/C18H19N3O7S/c1-2-28-10-9-19-16(22)12-3-6-14(7-4-12)29(26,27)21-17(23)13-5-8-15(18(24)25)20-11-13/h3-8,11H,2,9-10H2,1H3,(H,19,22)(H,21,23)(H,24,25). The topological polar surface area (TPSA) is 152 Å². The molecule has 0 saturated heterocycles. The molecule has 0 aliphatic carbocycles. The van der Waals surface area contributed by atoms with Gasteiger partial charge >= 0.3 is 5.97 Å². The first-order valence-electron chi connectivity index (χ1n) is 8.47. The molecule has 11 heteroatoms. The second-order valence-electron chi connectivity index (χ2n) is 5.65. The van der Waals surface area contributed by atoms with Gasteiger partial charge in [0.05, 0.1) is 17.1 Å². The van der Waals surface area contributed by atoms with Gasteiger partial charge in [0.15, 0.2) is 0 Å². The molecule has 0 atom stereocenters. The van der Waals surface area contributed by atoms with E-state index in [2.05, 4.69) is 10.3 Å². The average Bonchev–Trinajstić information content (AvgIpc) is 2.71. The number of aromatic carboxylic acids is 1. The zero-order valence-electron chi connectivity index (χ0n) is 15.4. The Morgan fingerprint density at radius 3 is 2.24 bits per heavy atom. The molecule has 0 bridgehead atoms. The van der Waals surface area contributed by atoms with Crippen LogP contribution in [0.1, 0.15) is 38.1 Å². The molecule has 3 N–H and O–H groups in total. The fraction of sp³-hybridized carbons (Fsp3) is 0.222. The second-order valence-corrected chi connectivity index (χ2v) is 7.33. The van der Waals surface area contributed by atoms with E-state index in [-0.39, 0.29) is 27.6 Å². The van der Waals surface area contributed by atoms with Crippen LogP contribution in [0.4, 0.5) is 0 Å². The molecule has 0 spiro atoms. The predicted octanol–water partition coefficient (Wildman–Crippen LogP) is 0.665. The maximum absolute atomic E-state index is 12.4. The fourth-order valence-electron chi connectivity index (χ4n) is 2.16. The van der Waals surface area contributed by atoms with Crippen molar-refractivity contribution in [2.24, 2.45) is 0 Å². The summed E-state index contributed by atoms with van der Waals surface area (Å²) in [5.41, 5.74) is -0.149. The number of hydrogen-bond acceptors (Lipinski definition) is 7. The van der Waals surface area contributed by atoms with Crippen LogP contribution in [0.3, 0.4) is 0 Å². The van der Waals surface area contributed by atoms with Gasteiger partial charge < -0.3 is 15.2 Å². The monoisotopic (exact) mass is 421 g/mol. The number of rotatable bonds is 9. The summed E-state index contributed by atoms with van der Waals surface area (Å²) in [4.78, 5) is 38.2. The Kier molecular flexibility index (Phi) is 7.39. The van der Waals surface area contributed by atoms with Gasteiger partial charge in [-0.1, -0.05) is 0 Å². The summed E-state index contributed by atoms with van der Waals surface area (Å²) in [6, 6.07) is 7.26. The van der Waals surface area contributed by atoms with E-state index in [4.69, 9.17) is 9.84 Å². The highest BCUT2D eigenvalue weighted by molar-refractivity contribution is 7.90. The number of carbonyl (C=O) groups is 3. The molecule has 2 amide bonds. The van der Waals surface area contributed by atoms with E-state index in [0.29, 0.717) is 19.8 Å². The molecule has 0 fully saturated rings. The first-order valence-corrected chi connectivity index (χ1v) is 9.95. The van der Waals surface area contributed by atoms with Gasteiger partial charge in [0, 0.05) is 24.9 Å². The Hall–Kier alpha value is -3.31. The predicted molar refractivity (Wildman–Crippen MR) is 101 cm³/mol. The summed E-state index contributed by atoms with van der Waals surface area (Å²) in [6.45, 7) is 3.05. The normalized spacial score (nSPS) is 10.9. The average molecular weight is 421 g/mol. The Bertz CT molecular complexity index is 987. The van der Waals surface area contributed by atoms with Crippen LogP contribution in [0.25, 0.3) is 0 Å². The molecular formula is C18H19N3O7S. The third kappa shape index (κ3) is 6.09.